The summed E-state index contributed by atoms with van der Waals surface area (Å²) in [6.45, 7) is 2.08. The quantitative estimate of drug-likeness (QED) is 0.715. The van der Waals surface area contributed by atoms with Crippen LogP contribution in [0.3, 0.4) is 0 Å². The summed E-state index contributed by atoms with van der Waals surface area (Å²) in [7, 11) is 0. The molecule has 0 aromatic heterocycles. The van der Waals surface area contributed by atoms with Crippen molar-refractivity contribution in [2.45, 2.75) is 37.5 Å². The second kappa shape index (κ2) is 6.10. The Morgan fingerprint density at radius 3 is 2.50 bits per heavy atom. The van der Waals surface area contributed by atoms with Gasteiger partial charge in [0, 0.05) is 5.25 Å². The molecule has 0 spiro atoms. The summed E-state index contributed by atoms with van der Waals surface area (Å²) >= 11 is 4.49. The van der Waals surface area contributed by atoms with Gasteiger partial charge < -0.3 is 5.11 Å². The van der Waals surface area contributed by atoms with Crippen LogP contribution in [0.4, 0.5) is 0 Å². The minimum absolute atomic E-state index is 0.151. The smallest absolute Gasteiger partial charge is 0.0553 e. The third kappa shape index (κ3) is 3.72. The fourth-order valence-corrected chi connectivity index (χ4v) is 1.94. The van der Waals surface area contributed by atoms with Crippen molar-refractivity contribution >= 4 is 12.6 Å². The molecule has 0 saturated heterocycles. The first-order valence-corrected chi connectivity index (χ1v) is 5.66. The van der Waals surface area contributed by atoms with Crippen molar-refractivity contribution in [1.29, 1.82) is 0 Å². The molecule has 1 aromatic rings. The van der Waals surface area contributed by atoms with Gasteiger partial charge in [0.25, 0.3) is 0 Å². The van der Waals surface area contributed by atoms with E-state index in [2.05, 4.69) is 31.7 Å². The molecule has 0 aliphatic rings. The molecule has 1 nitrogen and oxygen atoms in total. The number of thiol groups is 1. The molecule has 0 bridgehead atoms. The highest BCUT2D eigenvalue weighted by atomic mass is 32.1. The minimum Gasteiger partial charge on any atom is -0.393 e. The van der Waals surface area contributed by atoms with E-state index < -0.39 is 0 Å². The van der Waals surface area contributed by atoms with E-state index in [1.165, 1.54) is 5.56 Å². The van der Waals surface area contributed by atoms with Gasteiger partial charge in [-0.05, 0) is 18.4 Å². The molecule has 1 N–H and O–H groups in total. The van der Waals surface area contributed by atoms with Crippen molar-refractivity contribution < 1.29 is 5.11 Å². The Hall–Kier alpha value is -0.470. The van der Waals surface area contributed by atoms with Crippen LogP contribution in [0.25, 0.3) is 0 Å². The van der Waals surface area contributed by atoms with Crippen LogP contribution in [-0.4, -0.2) is 11.2 Å². The molecular weight excluding hydrogens is 192 g/mol. The van der Waals surface area contributed by atoms with Crippen LogP contribution in [0.2, 0.25) is 0 Å². The summed E-state index contributed by atoms with van der Waals surface area (Å²) in [5.41, 5.74) is 1.19. The van der Waals surface area contributed by atoms with Crippen LogP contribution >= 0.6 is 12.6 Å². The number of aliphatic hydroxyl groups is 1. The second-order valence-corrected chi connectivity index (χ2v) is 4.23. The molecule has 0 unspecified atom stereocenters. The van der Waals surface area contributed by atoms with Crippen molar-refractivity contribution in [2.24, 2.45) is 0 Å². The fraction of sp³-hybridized carbons (Fsp3) is 0.500. The van der Waals surface area contributed by atoms with Crippen molar-refractivity contribution in [2.75, 3.05) is 0 Å². The number of aliphatic hydroxyl groups excluding tert-OH is 1. The molecule has 0 saturated carbocycles. The molecular formula is C12H18OS. The maximum Gasteiger partial charge on any atom is 0.0553 e. The molecule has 2 atom stereocenters. The average molecular weight is 210 g/mol. The summed E-state index contributed by atoms with van der Waals surface area (Å²) in [4.78, 5) is 0. The van der Waals surface area contributed by atoms with E-state index in [9.17, 15) is 5.11 Å². The van der Waals surface area contributed by atoms with Gasteiger partial charge in [-0.1, -0.05) is 43.7 Å². The fourth-order valence-electron chi connectivity index (χ4n) is 1.52. The zero-order chi connectivity index (χ0) is 10.4. The molecule has 0 aliphatic carbocycles. The Morgan fingerprint density at radius 1 is 1.29 bits per heavy atom. The molecule has 0 amide bonds. The lowest BCUT2D eigenvalue weighted by atomic mass is 10.0. The first-order chi connectivity index (χ1) is 6.74. The van der Waals surface area contributed by atoms with E-state index in [-0.39, 0.29) is 11.4 Å². The molecule has 2 heteroatoms. The van der Waals surface area contributed by atoms with E-state index in [0.29, 0.717) is 0 Å². The zero-order valence-electron chi connectivity index (χ0n) is 8.56. The lowest BCUT2D eigenvalue weighted by Gasteiger charge is -2.15. The average Bonchev–Trinajstić information content (AvgIpc) is 2.19. The normalized spacial score (nSPS) is 15.1. The van der Waals surface area contributed by atoms with Gasteiger partial charge in [0.15, 0.2) is 0 Å². The topological polar surface area (TPSA) is 20.2 Å². The standard InChI is InChI=1S/C12H18OS/c1-2-6-11(13)9-12(14)10-7-4-3-5-8-10/h3-5,7-8,11-14H,2,6,9H2,1H3/t11-,12+/m0/s1. The Morgan fingerprint density at radius 2 is 1.93 bits per heavy atom. The van der Waals surface area contributed by atoms with E-state index in [1.807, 2.05) is 18.2 Å². The summed E-state index contributed by atoms with van der Waals surface area (Å²) in [6, 6.07) is 10.1. The predicted molar refractivity (Wildman–Crippen MR) is 63.7 cm³/mol. The summed E-state index contributed by atoms with van der Waals surface area (Å²) in [5.74, 6) is 0. The largest absolute Gasteiger partial charge is 0.393 e. The summed E-state index contributed by atoms with van der Waals surface area (Å²) < 4.78 is 0. The maximum absolute atomic E-state index is 9.63. The molecule has 1 rings (SSSR count). The molecule has 78 valence electrons. The predicted octanol–water partition coefficient (Wildman–Crippen LogP) is 3.21. The van der Waals surface area contributed by atoms with Crippen LogP contribution < -0.4 is 0 Å². The molecule has 0 heterocycles. The summed E-state index contributed by atoms with van der Waals surface area (Å²) in [5, 5.41) is 9.78. The highest BCUT2D eigenvalue weighted by Gasteiger charge is 2.11. The highest BCUT2D eigenvalue weighted by Crippen LogP contribution is 2.25. The molecule has 0 aliphatic heterocycles. The van der Waals surface area contributed by atoms with Gasteiger partial charge in [-0.15, -0.1) is 0 Å². The second-order valence-electron chi connectivity index (χ2n) is 3.60. The van der Waals surface area contributed by atoms with Gasteiger partial charge in [0.2, 0.25) is 0 Å². The van der Waals surface area contributed by atoms with Crippen LogP contribution in [0.5, 0.6) is 0 Å². The van der Waals surface area contributed by atoms with Crippen LogP contribution in [0.1, 0.15) is 37.0 Å². The summed E-state index contributed by atoms with van der Waals surface area (Å²) in [6.07, 6.45) is 2.41. The SMILES string of the molecule is CCC[C@H](O)C[C@@H](S)c1ccccc1. The van der Waals surface area contributed by atoms with E-state index in [0.717, 1.165) is 19.3 Å². The Labute approximate surface area is 91.6 Å². The molecule has 0 radical (unpaired) electrons. The van der Waals surface area contributed by atoms with Crippen molar-refractivity contribution in [1.82, 2.24) is 0 Å². The van der Waals surface area contributed by atoms with E-state index in [4.69, 9.17) is 0 Å². The number of benzene rings is 1. The van der Waals surface area contributed by atoms with E-state index >= 15 is 0 Å². The lowest BCUT2D eigenvalue weighted by Crippen LogP contribution is -2.09. The van der Waals surface area contributed by atoms with Gasteiger partial charge >= 0.3 is 0 Å². The maximum atomic E-state index is 9.63. The first kappa shape index (κ1) is 11.6. The lowest BCUT2D eigenvalue weighted by molar-refractivity contribution is 0.153. The molecule has 0 fully saturated rings. The Bertz CT molecular complexity index is 248. The number of rotatable bonds is 5. The monoisotopic (exact) mass is 210 g/mol. The van der Waals surface area contributed by atoms with Crippen molar-refractivity contribution in [3.05, 3.63) is 35.9 Å². The number of hydrogen-bond donors (Lipinski definition) is 2. The molecule has 1 aromatic carbocycles. The van der Waals surface area contributed by atoms with Gasteiger partial charge in [0.05, 0.1) is 6.10 Å². The number of hydrogen-bond acceptors (Lipinski definition) is 2. The van der Waals surface area contributed by atoms with Gasteiger partial charge in [-0.25, -0.2) is 0 Å². The van der Waals surface area contributed by atoms with Crippen molar-refractivity contribution in [3.63, 3.8) is 0 Å². The van der Waals surface area contributed by atoms with Crippen LogP contribution in [0.15, 0.2) is 30.3 Å². The third-order valence-electron chi connectivity index (χ3n) is 2.30. The highest BCUT2D eigenvalue weighted by molar-refractivity contribution is 7.80. The molecule has 14 heavy (non-hydrogen) atoms. The van der Waals surface area contributed by atoms with Gasteiger partial charge in [0.1, 0.15) is 0 Å². The third-order valence-corrected chi connectivity index (χ3v) is 2.81. The van der Waals surface area contributed by atoms with Crippen LogP contribution in [0, 0.1) is 0 Å². The van der Waals surface area contributed by atoms with Crippen molar-refractivity contribution in [3.8, 4) is 0 Å². The Kier molecular flexibility index (Phi) is 5.05. The van der Waals surface area contributed by atoms with E-state index in [1.54, 1.807) is 0 Å². The van der Waals surface area contributed by atoms with Gasteiger partial charge in [-0.2, -0.15) is 12.6 Å². The first-order valence-electron chi connectivity index (χ1n) is 5.15. The van der Waals surface area contributed by atoms with Crippen LogP contribution in [-0.2, 0) is 0 Å². The van der Waals surface area contributed by atoms with Gasteiger partial charge in [-0.3, -0.25) is 0 Å². The Balaban J connectivity index is 2.46. The zero-order valence-corrected chi connectivity index (χ0v) is 9.45. The minimum atomic E-state index is -0.220.